The van der Waals surface area contributed by atoms with Gasteiger partial charge in [0.25, 0.3) is 5.91 Å². The van der Waals surface area contributed by atoms with Crippen molar-refractivity contribution in [3.63, 3.8) is 0 Å². The van der Waals surface area contributed by atoms with E-state index in [-0.39, 0.29) is 5.91 Å². The Morgan fingerprint density at radius 2 is 1.81 bits per heavy atom. The fourth-order valence-electron chi connectivity index (χ4n) is 3.26. The van der Waals surface area contributed by atoms with Crippen molar-refractivity contribution in [1.82, 2.24) is 15.1 Å². The van der Waals surface area contributed by atoms with Crippen LogP contribution >= 0.6 is 11.6 Å². The van der Waals surface area contributed by atoms with Gasteiger partial charge in [-0.25, -0.2) is 0 Å². The first-order valence-electron chi connectivity index (χ1n) is 9.46. The summed E-state index contributed by atoms with van der Waals surface area (Å²) in [6, 6.07) is 15.5. The van der Waals surface area contributed by atoms with Gasteiger partial charge in [0, 0.05) is 17.0 Å². The number of amides is 1. The minimum absolute atomic E-state index is 0.166. The van der Waals surface area contributed by atoms with Crippen LogP contribution in [-0.2, 0) is 12.1 Å². The van der Waals surface area contributed by atoms with Crippen molar-refractivity contribution < 1.29 is 4.79 Å². The Kier molecular flexibility index (Phi) is 5.85. The first-order valence-corrected chi connectivity index (χ1v) is 9.84. The van der Waals surface area contributed by atoms with Gasteiger partial charge >= 0.3 is 0 Å². The number of para-hydroxylation sites is 1. The molecule has 0 saturated carbocycles. The highest BCUT2D eigenvalue weighted by atomic mass is 35.5. The molecule has 27 heavy (non-hydrogen) atoms. The molecule has 0 aliphatic rings. The Labute approximate surface area is 165 Å². The minimum Gasteiger partial charge on any atom is -0.342 e. The van der Waals surface area contributed by atoms with E-state index in [1.807, 2.05) is 67.1 Å². The summed E-state index contributed by atoms with van der Waals surface area (Å²) < 4.78 is 1.95. The Balaban J connectivity index is 1.87. The van der Waals surface area contributed by atoms with Gasteiger partial charge in [0.05, 0.1) is 11.1 Å². The van der Waals surface area contributed by atoms with Crippen molar-refractivity contribution in [1.29, 1.82) is 0 Å². The molecule has 0 aliphatic carbocycles. The molecule has 1 aromatic heterocycles. The van der Waals surface area contributed by atoms with Crippen LogP contribution in [0.3, 0.4) is 0 Å². The predicted molar refractivity (Wildman–Crippen MR) is 111 cm³/mol. The number of hydrogen-bond acceptors (Lipinski definition) is 2. The van der Waals surface area contributed by atoms with Crippen molar-refractivity contribution in [2.75, 3.05) is 0 Å². The van der Waals surface area contributed by atoms with Crippen molar-refractivity contribution >= 4 is 28.4 Å². The topological polar surface area (TPSA) is 46.9 Å². The average Bonchev–Trinajstić information content (AvgIpc) is 3.01. The molecule has 0 unspecified atom stereocenters. The number of aromatic nitrogens is 2. The first-order chi connectivity index (χ1) is 12.9. The van der Waals surface area contributed by atoms with Crippen LogP contribution < -0.4 is 5.32 Å². The van der Waals surface area contributed by atoms with Gasteiger partial charge < -0.3 is 5.32 Å². The average molecular weight is 384 g/mol. The summed E-state index contributed by atoms with van der Waals surface area (Å²) in [4.78, 5) is 13.0. The van der Waals surface area contributed by atoms with E-state index in [0.29, 0.717) is 10.7 Å². The number of nitrogens with zero attached hydrogens (tertiary/aromatic N) is 2. The van der Waals surface area contributed by atoms with Gasteiger partial charge in [-0.2, -0.15) is 5.10 Å². The van der Waals surface area contributed by atoms with E-state index in [4.69, 9.17) is 11.6 Å². The largest absolute Gasteiger partial charge is 0.342 e. The van der Waals surface area contributed by atoms with Crippen LogP contribution in [0.4, 0.5) is 0 Å². The molecule has 0 radical (unpaired) electrons. The molecule has 1 heterocycles. The Morgan fingerprint density at radius 3 is 2.52 bits per heavy atom. The van der Waals surface area contributed by atoms with Crippen LogP contribution in [0.5, 0.6) is 0 Å². The van der Waals surface area contributed by atoms with Crippen LogP contribution in [0.25, 0.3) is 10.9 Å². The number of benzene rings is 2. The second kappa shape index (κ2) is 8.13. The number of carbonyl (C=O) groups excluding carboxylic acids is 1. The third-order valence-electron chi connectivity index (χ3n) is 4.84. The molecule has 3 rings (SSSR count). The fraction of sp³-hybridized carbons (Fsp3) is 0.364. The van der Waals surface area contributed by atoms with Gasteiger partial charge in [0.2, 0.25) is 0 Å². The van der Waals surface area contributed by atoms with E-state index in [0.717, 1.165) is 42.3 Å². The van der Waals surface area contributed by atoms with E-state index in [2.05, 4.69) is 17.3 Å². The highest BCUT2D eigenvalue weighted by Gasteiger charge is 2.26. The quantitative estimate of drug-likeness (QED) is 0.544. The van der Waals surface area contributed by atoms with Crippen molar-refractivity contribution in [3.8, 4) is 0 Å². The molecule has 0 fully saturated rings. The van der Waals surface area contributed by atoms with Gasteiger partial charge in [-0.1, -0.05) is 61.7 Å². The molecular formula is C22H26ClN3O. The molecule has 5 heteroatoms. The van der Waals surface area contributed by atoms with E-state index in [1.165, 1.54) is 0 Å². The Bertz CT molecular complexity index is 928. The maximum Gasteiger partial charge on any atom is 0.273 e. The van der Waals surface area contributed by atoms with Crippen LogP contribution in [0, 0.1) is 0 Å². The van der Waals surface area contributed by atoms with Crippen molar-refractivity contribution in [2.45, 2.75) is 52.1 Å². The van der Waals surface area contributed by atoms with Crippen molar-refractivity contribution in [2.24, 2.45) is 0 Å². The van der Waals surface area contributed by atoms with Gasteiger partial charge in [-0.15, -0.1) is 0 Å². The van der Waals surface area contributed by atoms with Crippen LogP contribution in [0.1, 0.15) is 56.1 Å². The number of hydrogen-bond donors (Lipinski definition) is 1. The summed E-state index contributed by atoms with van der Waals surface area (Å²) in [5, 5.41) is 9.33. The van der Waals surface area contributed by atoms with Crippen molar-refractivity contribution in [3.05, 3.63) is 64.8 Å². The highest BCUT2D eigenvalue weighted by Crippen LogP contribution is 2.24. The Hall–Kier alpha value is -2.33. The monoisotopic (exact) mass is 383 g/mol. The number of carbonyl (C=O) groups is 1. The van der Waals surface area contributed by atoms with E-state index >= 15 is 0 Å². The molecule has 2 aromatic carbocycles. The first kappa shape index (κ1) is 19.4. The van der Waals surface area contributed by atoms with Gasteiger partial charge in [-0.05, 0) is 44.0 Å². The lowest BCUT2D eigenvalue weighted by molar-refractivity contribution is 0.0907. The molecular weight excluding hydrogens is 358 g/mol. The van der Waals surface area contributed by atoms with Gasteiger partial charge in [0.1, 0.15) is 0 Å². The van der Waals surface area contributed by atoms with E-state index in [9.17, 15) is 4.79 Å². The number of unbranched alkanes of at least 4 members (excludes halogenated alkanes) is 2. The smallest absolute Gasteiger partial charge is 0.273 e. The van der Waals surface area contributed by atoms with Gasteiger partial charge in [-0.3, -0.25) is 9.48 Å². The number of rotatable bonds is 7. The number of nitrogens with one attached hydrogen (secondary N) is 1. The molecule has 3 aromatic rings. The molecule has 0 spiro atoms. The normalized spacial score (nSPS) is 11.7. The van der Waals surface area contributed by atoms with Gasteiger partial charge in [0.15, 0.2) is 5.69 Å². The molecule has 0 saturated heterocycles. The summed E-state index contributed by atoms with van der Waals surface area (Å²) in [6.07, 6.45) is 3.36. The van der Waals surface area contributed by atoms with E-state index < -0.39 is 5.54 Å². The van der Waals surface area contributed by atoms with E-state index in [1.54, 1.807) is 0 Å². The minimum atomic E-state index is -0.533. The molecule has 1 N–H and O–H groups in total. The number of aryl methyl sites for hydroxylation is 1. The summed E-state index contributed by atoms with van der Waals surface area (Å²) in [6.45, 7) is 6.96. The number of halogens is 1. The second-order valence-corrected chi connectivity index (χ2v) is 7.82. The summed E-state index contributed by atoms with van der Waals surface area (Å²) in [5.41, 5.74) is 1.94. The highest BCUT2D eigenvalue weighted by molar-refractivity contribution is 6.30. The zero-order valence-corrected chi connectivity index (χ0v) is 16.9. The summed E-state index contributed by atoms with van der Waals surface area (Å²) in [5.74, 6) is -0.166. The lowest BCUT2D eigenvalue weighted by Crippen LogP contribution is -2.41. The van der Waals surface area contributed by atoms with Crippen LogP contribution in [0.2, 0.25) is 5.02 Å². The molecule has 142 valence electrons. The molecule has 0 aliphatic heterocycles. The maximum absolute atomic E-state index is 13.0. The Morgan fingerprint density at radius 1 is 1.11 bits per heavy atom. The lowest BCUT2D eigenvalue weighted by atomic mass is 9.94. The summed E-state index contributed by atoms with van der Waals surface area (Å²) >= 11 is 5.98. The molecule has 0 bridgehead atoms. The number of fused-ring (bicyclic) bond motifs is 1. The maximum atomic E-state index is 13.0. The van der Waals surface area contributed by atoms with Crippen LogP contribution in [-0.4, -0.2) is 15.7 Å². The van der Waals surface area contributed by atoms with Crippen LogP contribution in [0.15, 0.2) is 48.5 Å². The molecule has 4 nitrogen and oxygen atoms in total. The summed E-state index contributed by atoms with van der Waals surface area (Å²) in [7, 11) is 0. The fourth-order valence-corrected chi connectivity index (χ4v) is 3.38. The standard InChI is InChI=1S/C22H26ClN3O/c1-4-5-8-15-26-19-10-7-6-9-18(19)20(25-26)21(27)24-22(2,3)16-11-13-17(23)14-12-16/h6-7,9-14H,4-5,8,15H2,1-3H3,(H,24,27). The molecule has 0 atom stereocenters. The second-order valence-electron chi connectivity index (χ2n) is 7.38. The SMILES string of the molecule is CCCCCn1nc(C(=O)NC(C)(C)c2ccc(Cl)cc2)c2ccccc21. The zero-order valence-electron chi connectivity index (χ0n) is 16.1. The third kappa shape index (κ3) is 4.33. The third-order valence-corrected chi connectivity index (χ3v) is 5.09. The predicted octanol–water partition coefficient (Wildman–Crippen LogP) is 5.55. The zero-order chi connectivity index (χ0) is 19.4. The molecule has 1 amide bonds. The lowest BCUT2D eigenvalue weighted by Gasteiger charge is -2.26.